The Morgan fingerprint density at radius 3 is 2.09 bits per heavy atom. The van der Waals surface area contributed by atoms with Crippen molar-refractivity contribution in [1.29, 1.82) is 0 Å². The summed E-state index contributed by atoms with van der Waals surface area (Å²) in [7, 11) is 0. The van der Waals surface area contributed by atoms with Gasteiger partial charge in [-0.3, -0.25) is 0 Å². The van der Waals surface area contributed by atoms with Crippen molar-refractivity contribution >= 4 is 5.97 Å². The van der Waals surface area contributed by atoms with Crippen molar-refractivity contribution < 1.29 is 39.5 Å². The molecule has 23 heavy (non-hydrogen) atoms. The Morgan fingerprint density at radius 1 is 0.783 bits per heavy atom. The SMILES string of the molecule is CCCCCC/C=C/C=C\C/C=C\C/C=C\CCCC(=O)[O-].[Na+]. The van der Waals surface area contributed by atoms with Crippen LogP contribution in [0.3, 0.4) is 0 Å². The predicted octanol–water partition coefficient (Wildman–Crippen LogP) is 1.89. The number of carbonyl (C=O) groups excluding carboxylic acids is 1. The summed E-state index contributed by atoms with van der Waals surface area (Å²) in [5, 5.41) is 10.2. The molecule has 2 nitrogen and oxygen atoms in total. The molecule has 0 rings (SSSR count). The molecule has 0 atom stereocenters. The Morgan fingerprint density at radius 2 is 1.39 bits per heavy atom. The summed E-state index contributed by atoms with van der Waals surface area (Å²) >= 11 is 0. The van der Waals surface area contributed by atoms with Crippen molar-refractivity contribution in [3.8, 4) is 0 Å². The van der Waals surface area contributed by atoms with Gasteiger partial charge in [-0.25, -0.2) is 0 Å². The van der Waals surface area contributed by atoms with E-state index >= 15 is 0 Å². The molecule has 0 amide bonds. The number of carbonyl (C=O) groups is 1. The van der Waals surface area contributed by atoms with Crippen LogP contribution in [0.5, 0.6) is 0 Å². The van der Waals surface area contributed by atoms with Crippen molar-refractivity contribution in [2.75, 3.05) is 0 Å². The third-order valence-electron chi connectivity index (χ3n) is 3.24. The minimum Gasteiger partial charge on any atom is -0.550 e. The Labute approximate surface area is 164 Å². The van der Waals surface area contributed by atoms with E-state index < -0.39 is 5.97 Å². The van der Waals surface area contributed by atoms with Crippen molar-refractivity contribution in [3.63, 3.8) is 0 Å². The number of aliphatic carboxylic acids is 1. The van der Waals surface area contributed by atoms with E-state index in [2.05, 4.69) is 49.5 Å². The standard InChI is InChI=1S/C20H32O2.Na/c1-2-3-4-5-6-7-8-9-10-11-12-13-14-15-16-17-18-19-20(21)22;/h7-10,12-13,15-16H,2-6,11,14,17-19H2,1H3,(H,21,22);/q;+1/p-1/b8-7+,10-9-,13-12-,16-15-;. The predicted molar refractivity (Wildman–Crippen MR) is 93.4 cm³/mol. The fourth-order valence-electron chi connectivity index (χ4n) is 1.95. The minimum absolute atomic E-state index is 0. The summed E-state index contributed by atoms with van der Waals surface area (Å²) in [6.45, 7) is 2.24. The Hall–Kier alpha value is -0.570. The van der Waals surface area contributed by atoms with Gasteiger partial charge in [-0.1, -0.05) is 74.8 Å². The second-order valence-corrected chi connectivity index (χ2v) is 5.38. The number of unbranched alkanes of at least 4 members (excludes halogenated alkanes) is 5. The summed E-state index contributed by atoms with van der Waals surface area (Å²) in [6.07, 6.45) is 27.0. The largest absolute Gasteiger partial charge is 1.00 e. The first-order valence-corrected chi connectivity index (χ1v) is 8.59. The molecular weight excluding hydrogens is 295 g/mol. The van der Waals surface area contributed by atoms with Crippen LogP contribution in [-0.4, -0.2) is 5.97 Å². The smallest absolute Gasteiger partial charge is 0.550 e. The van der Waals surface area contributed by atoms with Gasteiger partial charge in [0, 0.05) is 5.97 Å². The van der Waals surface area contributed by atoms with Gasteiger partial charge in [0.15, 0.2) is 0 Å². The Bertz CT molecular complexity index is 368. The quantitative estimate of drug-likeness (QED) is 0.212. The van der Waals surface area contributed by atoms with Gasteiger partial charge in [-0.2, -0.15) is 0 Å². The fourth-order valence-corrected chi connectivity index (χ4v) is 1.95. The second-order valence-electron chi connectivity index (χ2n) is 5.38. The van der Waals surface area contributed by atoms with Crippen LogP contribution in [0, 0.1) is 0 Å². The molecule has 0 N–H and O–H groups in total. The van der Waals surface area contributed by atoms with Crippen LogP contribution in [-0.2, 0) is 4.79 Å². The molecular formula is C20H31NaO2. The van der Waals surface area contributed by atoms with Crippen LogP contribution in [0.25, 0.3) is 0 Å². The summed E-state index contributed by atoms with van der Waals surface area (Å²) in [5.41, 5.74) is 0. The van der Waals surface area contributed by atoms with Gasteiger partial charge in [-0.05, 0) is 44.9 Å². The summed E-state index contributed by atoms with van der Waals surface area (Å²) in [6, 6.07) is 0. The molecule has 0 radical (unpaired) electrons. The summed E-state index contributed by atoms with van der Waals surface area (Å²) in [5.74, 6) is -0.963. The van der Waals surface area contributed by atoms with Gasteiger partial charge < -0.3 is 9.90 Å². The molecule has 124 valence electrons. The molecule has 0 saturated carbocycles. The monoisotopic (exact) mass is 326 g/mol. The molecule has 0 bridgehead atoms. The molecule has 0 aromatic carbocycles. The molecule has 0 aliphatic heterocycles. The zero-order valence-corrected chi connectivity index (χ0v) is 17.0. The van der Waals surface area contributed by atoms with E-state index in [1.807, 2.05) is 6.08 Å². The molecule has 0 aromatic rings. The van der Waals surface area contributed by atoms with E-state index in [1.54, 1.807) is 0 Å². The molecule has 0 aliphatic rings. The molecule has 0 aromatic heterocycles. The number of rotatable bonds is 14. The fraction of sp³-hybridized carbons (Fsp3) is 0.550. The number of carboxylic acids is 1. The number of carboxylic acid groups (broad SMARTS) is 1. The van der Waals surface area contributed by atoms with Crippen LogP contribution < -0.4 is 34.7 Å². The molecule has 0 spiro atoms. The van der Waals surface area contributed by atoms with Gasteiger partial charge in [-0.15, -0.1) is 0 Å². The van der Waals surface area contributed by atoms with E-state index in [4.69, 9.17) is 0 Å². The molecule has 0 aliphatic carbocycles. The van der Waals surface area contributed by atoms with Crippen molar-refractivity contribution in [2.45, 2.75) is 71.1 Å². The van der Waals surface area contributed by atoms with Crippen LogP contribution >= 0.6 is 0 Å². The molecule has 0 fully saturated rings. The second kappa shape index (κ2) is 21.4. The zero-order valence-electron chi connectivity index (χ0n) is 15.0. The van der Waals surface area contributed by atoms with E-state index in [0.717, 1.165) is 19.3 Å². The maximum Gasteiger partial charge on any atom is 1.00 e. The van der Waals surface area contributed by atoms with Crippen molar-refractivity contribution in [1.82, 2.24) is 0 Å². The number of allylic oxidation sites excluding steroid dienone is 8. The molecule has 0 unspecified atom stereocenters. The van der Waals surface area contributed by atoms with Crippen LogP contribution in [0.2, 0.25) is 0 Å². The van der Waals surface area contributed by atoms with Gasteiger partial charge in [0.2, 0.25) is 0 Å². The summed E-state index contributed by atoms with van der Waals surface area (Å²) in [4.78, 5) is 10.2. The maximum atomic E-state index is 10.2. The van der Waals surface area contributed by atoms with Gasteiger partial charge in [0.05, 0.1) is 0 Å². The Balaban J connectivity index is 0. The molecule has 3 heteroatoms. The first-order valence-electron chi connectivity index (χ1n) is 8.59. The number of hydrogen-bond acceptors (Lipinski definition) is 2. The Kier molecular flexibility index (Phi) is 23.0. The van der Waals surface area contributed by atoms with Gasteiger partial charge >= 0.3 is 29.6 Å². The van der Waals surface area contributed by atoms with E-state index in [1.165, 1.54) is 32.1 Å². The topological polar surface area (TPSA) is 40.1 Å². The third kappa shape index (κ3) is 23.8. The van der Waals surface area contributed by atoms with E-state index in [-0.39, 0.29) is 36.0 Å². The van der Waals surface area contributed by atoms with Crippen LogP contribution in [0.4, 0.5) is 0 Å². The molecule has 0 heterocycles. The average molecular weight is 326 g/mol. The number of hydrogen-bond donors (Lipinski definition) is 0. The van der Waals surface area contributed by atoms with E-state index in [9.17, 15) is 9.90 Å². The van der Waals surface area contributed by atoms with Crippen LogP contribution in [0.1, 0.15) is 71.1 Å². The molecule has 0 saturated heterocycles. The third-order valence-corrected chi connectivity index (χ3v) is 3.24. The minimum atomic E-state index is -0.963. The van der Waals surface area contributed by atoms with Gasteiger partial charge in [0.25, 0.3) is 0 Å². The normalized spacial score (nSPS) is 11.9. The summed E-state index contributed by atoms with van der Waals surface area (Å²) < 4.78 is 0. The van der Waals surface area contributed by atoms with E-state index in [0.29, 0.717) is 6.42 Å². The van der Waals surface area contributed by atoms with Crippen LogP contribution in [0.15, 0.2) is 48.6 Å². The first-order chi connectivity index (χ1) is 10.8. The first kappa shape index (κ1) is 24.7. The van der Waals surface area contributed by atoms with Crippen molar-refractivity contribution in [3.05, 3.63) is 48.6 Å². The average Bonchev–Trinajstić information content (AvgIpc) is 2.50. The van der Waals surface area contributed by atoms with Gasteiger partial charge in [0.1, 0.15) is 0 Å². The van der Waals surface area contributed by atoms with Crippen molar-refractivity contribution in [2.24, 2.45) is 0 Å². The zero-order chi connectivity index (χ0) is 16.3. The maximum absolute atomic E-state index is 10.2.